The van der Waals surface area contributed by atoms with Gasteiger partial charge in [0.05, 0.1) is 11.1 Å². The molecule has 3 aromatic heterocycles. The van der Waals surface area contributed by atoms with Gasteiger partial charge in [-0.2, -0.15) is 0 Å². The van der Waals surface area contributed by atoms with Crippen LogP contribution >= 0.6 is 0 Å². The Hall–Kier alpha value is -4.44. The van der Waals surface area contributed by atoms with Gasteiger partial charge in [0.1, 0.15) is 11.4 Å². The largest absolute Gasteiger partial charge is 0.500 e. The number of benzene rings is 4. The van der Waals surface area contributed by atoms with Gasteiger partial charge in [-0.25, -0.2) is 4.39 Å². The van der Waals surface area contributed by atoms with E-state index >= 15 is 0 Å². The van der Waals surface area contributed by atoms with Crippen molar-refractivity contribution in [3.63, 3.8) is 0 Å². The molecule has 7 aromatic rings. The average Bonchev–Trinajstić information content (AvgIpc) is 3.41. The third-order valence-corrected chi connectivity index (χ3v) is 7.23. The number of nitrogens with zero attached hydrogens (tertiary/aromatic N) is 2. The molecule has 0 saturated heterocycles. The van der Waals surface area contributed by atoms with Crippen LogP contribution in [0.1, 0.15) is 25.0 Å². The Labute approximate surface area is 271 Å². The van der Waals surface area contributed by atoms with Gasteiger partial charge in [-0.1, -0.05) is 78.9 Å². The second kappa shape index (κ2) is 13.9. The fraction of sp³-hybridized carbons (Fsp3) is 0.128. The van der Waals surface area contributed by atoms with Gasteiger partial charge in [0, 0.05) is 37.9 Å². The van der Waals surface area contributed by atoms with Crippen molar-refractivity contribution >= 4 is 21.9 Å². The van der Waals surface area contributed by atoms with E-state index in [9.17, 15) is 4.39 Å². The van der Waals surface area contributed by atoms with Crippen LogP contribution in [0.2, 0.25) is 0 Å². The summed E-state index contributed by atoms with van der Waals surface area (Å²) in [7, 11) is 0. The number of furan rings is 1. The van der Waals surface area contributed by atoms with Gasteiger partial charge >= 0.3 is 0 Å². The van der Waals surface area contributed by atoms with E-state index in [2.05, 4.69) is 48.1 Å². The summed E-state index contributed by atoms with van der Waals surface area (Å²) >= 11 is 0. The predicted octanol–water partition coefficient (Wildman–Crippen LogP) is 10.3. The number of rotatable bonds is 5. The summed E-state index contributed by atoms with van der Waals surface area (Å²) in [6.45, 7) is 6.46. The molecule has 7 rings (SSSR count). The number of pyridine rings is 2. The summed E-state index contributed by atoms with van der Waals surface area (Å²) in [5, 5.41) is 1.81. The zero-order chi connectivity index (χ0) is 29.8. The summed E-state index contributed by atoms with van der Waals surface area (Å²) < 4.78 is 20.9. The van der Waals surface area contributed by atoms with Crippen LogP contribution in [0.5, 0.6) is 0 Å². The zero-order valence-electron chi connectivity index (χ0n) is 24.8. The van der Waals surface area contributed by atoms with E-state index in [0.29, 0.717) is 22.6 Å². The maximum absolute atomic E-state index is 14.7. The minimum Gasteiger partial charge on any atom is -0.500 e. The molecule has 0 aliphatic rings. The molecule has 3 nitrogen and oxygen atoms in total. The van der Waals surface area contributed by atoms with Crippen LogP contribution in [0, 0.1) is 30.8 Å². The Morgan fingerprint density at radius 3 is 2.30 bits per heavy atom. The van der Waals surface area contributed by atoms with Crippen molar-refractivity contribution in [1.82, 2.24) is 9.97 Å². The van der Waals surface area contributed by atoms with Crippen molar-refractivity contribution in [2.45, 2.75) is 27.2 Å². The van der Waals surface area contributed by atoms with Crippen LogP contribution in [-0.4, -0.2) is 9.97 Å². The van der Waals surface area contributed by atoms with Crippen molar-refractivity contribution in [3.8, 4) is 33.6 Å². The second-order valence-corrected chi connectivity index (χ2v) is 11.0. The van der Waals surface area contributed by atoms with Gasteiger partial charge in [-0.05, 0) is 60.0 Å². The molecule has 0 bridgehead atoms. The summed E-state index contributed by atoms with van der Waals surface area (Å²) in [6.07, 6.45) is 4.80. The van der Waals surface area contributed by atoms with Crippen molar-refractivity contribution in [3.05, 3.63) is 145 Å². The second-order valence-electron chi connectivity index (χ2n) is 11.0. The molecule has 4 aromatic carbocycles. The van der Waals surface area contributed by atoms with Gasteiger partial charge in [0.15, 0.2) is 0 Å². The van der Waals surface area contributed by atoms with Crippen molar-refractivity contribution in [1.29, 1.82) is 0 Å². The van der Waals surface area contributed by atoms with Crippen molar-refractivity contribution in [2.24, 2.45) is 5.92 Å². The summed E-state index contributed by atoms with van der Waals surface area (Å²) in [6, 6.07) is 39.2. The molecule has 0 unspecified atom stereocenters. The van der Waals surface area contributed by atoms with Crippen LogP contribution in [0.3, 0.4) is 0 Å². The minimum absolute atomic E-state index is 0. The molecule has 44 heavy (non-hydrogen) atoms. The topological polar surface area (TPSA) is 38.9 Å². The van der Waals surface area contributed by atoms with E-state index in [1.165, 1.54) is 11.6 Å². The molecular formula is C39H31FIrN2O-2. The minimum atomic E-state index is -0.299. The molecule has 0 N–H and O–H groups in total. The molecule has 0 saturated carbocycles. The number of halogens is 1. The molecule has 0 fully saturated rings. The molecule has 0 amide bonds. The van der Waals surface area contributed by atoms with Gasteiger partial charge in [0.2, 0.25) is 0 Å². The number of fused-ring (bicyclic) bond motifs is 3. The Morgan fingerprint density at radius 2 is 1.57 bits per heavy atom. The first-order chi connectivity index (χ1) is 21.0. The van der Waals surface area contributed by atoms with E-state index in [4.69, 9.17) is 4.42 Å². The Bertz CT molecular complexity index is 1990. The van der Waals surface area contributed by atoms with Gasteiger partial charge in [0.25, 0.3) is 0 Å². The molecule has 0 aliphatic heterocycles. The summed E-state index contributed by atoms with van der Waals surface area (Å²) in [5.74, 6) is 0.377. The first-order valence-corrected chi connectivity index (χ1v) is 14.4. The first kappa shape index (κ1) is 31.0. The normalized spacial score (nSPS) is 10.8. The average molecular weight is 755 g/mol. The Balaban J connectivity index is 0.000000194. The van der Waals surface area contributed by atoms with Crippen LogP contribution in [0.25, 0.3) is 55.6 Å². The maximum atomic E-state index is 14.7. The summed E-state index contributed by atoms with van der Waals surface area (Å²) in [5.41, 5.74) is 8.56. The number of aryl methyl sites for hydroxylation is 1. The predicted molar refractivity (Wildman–Crippen MR) is 173 cm³/mol. The van der Waals surface area contributed by atoms with E-state index < -0.39 is 0 Å². The monoisotopic (exact) mass is 755 g/mol. The third kappa shape index (κ3) is 6.70. The van der Waals surface area contributed by atoms with Crippen LogP contribution in [0.15, 0.2) is 120 Å². The SMILES string of the molecule is CC(C)Cc1ccnc(-c2[c-]cccc2)c1.Cc1ccc(-c2[c-]ccc3c2oc2c(-c4ccccc4)c(F)ccc23)nc1.[Ir]. The fourth-order valence-corrected chi connectivity index (χ4v) is 5.23. The Morgan fingerprint density at radius 1 is 0.773 bits per heavy atom. The number of hydrogen-bond donors (Lipinski definition) is 0. The van der Waals surface area contributed by atoms with E-state index in [-0.39, 0.29) is 25.9 Å². The van der Waals surface area contributed by atoms with Gasteiger partial charge < -0.3 is 14.4 Å². The fourth-order valence-electron chi connectivity index (χ4n) is 5.23. The zero-order valence-corrected chi connectivity index (χ0v) is 27.2. The molecule has 221 valence electrons. The maximum Gasteiger partial charge on any atom is 0.134 e. The molecule has 3 heterocycles. The molecule has 1 radical (unpaired) electrons. The smallest absolute Gasteiger partial charge is 0.134 e. The van der Waals surface area contributed by atoms with Crippen LogP contribution in [-0.2, 0) is 26.5 Å². The van der Waals surface area contributed by atoms with E-state index in [0.717, 1.165) is 50.8 Å². The van der Waals surface area contributed by atoms with Gasteiger partial charge in [-0.3, -0.25) is 0 Å². The van der Waals surface area contributed by atoms with Crippen molar-refractivity contribution < 1.29 is 28.9 Å². The van der Waals surface area contributed by atoms with Gasteiger partial charge in [-0.15, -0.1) is 54.1 Å². The van der Waals surface area contributed by atoms with E-state index in [1.807, 2.05) is 98.2 Å². The molecular weight excluding hydrogens is 724 g/mol. The van der Waals surface area contributed by atoms with Crippen molar-refractivity contribution in [2.75, 3.05) is 0 Å². The first-order valence-electron chi connectivity index (χ1n) is 14.4. The van der Waals surface area contributed by atoms with E-state index in [1.54, 1.807) is 6.07 Å². The molecule has 0 aliphatic carbocycles. The standard InChI is InChI=1S/C24H15FNO.C15H16N.Ir/c1-15-10-13-21(26-14-15)19-9-5-8-17-18-11-12-20(25)22(24(18)27-23(17)19)16-6-3-2-4-7-16;1-12(2)10-13-8-9-16-15(11-13)14-6-4-3-5-7-14;/h2-8,10-14H,1H3;3-6,8-9,11-12H,10H2,1-2H3;/q2*-1;. The quantitative estimate of drug-likeness (QED) is 0.164. The molecule has 5 heteroatoms. The third-order valence-electron chi connectivity index (χ3n) is 7.23. The molecule has 0 atom stereocenters. The summed E-state index contributed by atoms with van der Waals surface area (Å²) in [4.78, 5) is 8.89. The Kier molecular flexibility index (Phi) is 9.79. The number of aromatic nitrogens is 2. The molecule has 0 spiro atoms. The van der Waals surface area contributed by atoms with Crippen LogP contribution < -0.4 is 0 Å². The van der Waals surface area contributed by atoms with Crippen LogP contribution in [0.4, 0.5) is 4.39 Å². The number of hydrogen-bond acceptors (Lipinski definition) is 3.